The Kier molecular flexibility index (Phi) is 6.53. The van der Waals surface area contributed by atoms with E-state index in [1.165, 1.54) is 23.3 Å². The second-order valence-electron chi connectivity index (χ2n) is 5.20. The zero-order valence-corrected chi connectivity index (χ0v) is 16.2. The van der Waals surface area contributed by atoms with Gasteiger partial charge in [0.2, 0.25) is 0 Å². The van der Waals surface area contributed by atoms with Gasteiger partial charge < -0.3 is 0 Å². The number of halogens is 5. The summed E-state index contributed by atoms with van der Waals surface area (Å²) in [7, 11) is 9.87. The Balaban J connectivity index is 0.000000595. The summed E-state index contributed by atoms with van der Waals surface area (Å²) in [5, 5.41) is 0. The minimum absolute atomic E-state index is 0.605. The fraction of sp³-hybridized carbons (Fsp3) is 0.176. The normalized spacial score (nSPS) is 12.9. The van der Waals surface area contributed by atoms with Crippen LogP contribution in [0.5, 0.6) is 0 Å². The average Bonchev–Trinajstić information content (AvgIpc) is 2.87. The van der Waals surface area contributed by atoms with E-state index in [9.17, 15) is 13.2 Å². The summed E-state index contributed by atoms with van der Waals surface area (Å²) in [6.45, 7) is 2.04. The Morgan fingerprint density at radius 3 is 2.35 bits per heavy atom. The zero-order chi connectivity index (χ0) is 17.0. The van der Waals surface area contributed by atoms with Crippen molar-refractivity contribution in [3.8, 4) is 11.1 Å². The van der Waals surface area contributed by atoms with Crippen LogP contribution in [0.25, 0.3) is 17.2 Å². The first-order valence-corrected chi connectivity index (χ1v) is 13.1. The van der Waals surface area contributed by atoms with Gasteiger partial charge in [0.05, 0.1) is 5.56 Å². The van der Waals surface area contributed by atoms with E-state index < -0.39 is 32.6 Å². The number of hydrogen-bond donors (Lipinski definition) is 0. The Labute approximate surface area is 152 Å². The molecular weight excluding hydrogens is 423 g/mol. The van der Waals surface area contributed by atoms with Crippen LogP contribution in [-0.2, 0) is 33.4 Å². The molecule has 0 aromatic heterocycles. The van der Waals surface area contributed by atoms with Crippen LogP contribution in [0.15, 0.2) is 48.0 Å². The van der Waals surface area contributed by atoms with Gasteiger partial charge in [0.1, 0.15) is 0 Å². The van der Waals surface area contributed by atoms with Gasteiger partial charge in [-0.15, -0.1) is 0 Å². The van der Waals surface area contributed by atoms with Crippen LogP contribution in [0, 0.1) is 0 Å². The maximum absolute atomic E-state index is 12.8. The van der Waals surface area contributed by atoms with Gasteiger partial charge in [-0.2, -0.15) is 13.2 Å². The third kappa shape index (κ3) is 4.71. The van der Waals surface area contributed by atoms with Gasteiger partial charge in [0.25, 0.3) is 0 Å². The van der Waals surface area contributed by atoms with E-state index in [0.29, 0.717) is 5.56 Å². The Hall–Kier alpha value is -0.567. The van der Waals surface area contributed by atoms with Gasteiger partial charge in [-0.25, -0.2) is 0 Å². The summed E-state index contributed by atoms with van der Waals surface area (Å²) < 4.78 is 38.4. The van der Waals surface area contributed by atoms with Gasteiger partial charge in [0.15, 0.2) is 0 Å². The maximum atomic E-state index is 12.8. The molecule has 6 heteroatoms. The molecule has 0 atom stereocenters. The second-order valence-corrected chi connectivity index (χ2v) is 8.93. The monoisotopic (exact) mass is 434 g/mol. The number of hydrogen-bond acceptors (Lipinski definition) is 0. The molecule has 23 heavy (non-hydrogen) atoms. The molecule has 3 rings (SSSR count). The molecule has 0 saturated heterocycles. The summed E-state index contributed by atoms with van der Waals surface area (Å²) in [6.07, 6.45) is -1.37. The fourth-order valence-electron chi connectivity index (χ4n) is 2.65. The molecule has 0 aliphatic heterocycles. The van der Waals surface area contributed by atoms with Crippen molar-refractivity contribution in [1.82, 2.24) is 0 Å². The van der Waals surface area contributed by atoms with Crippen LogP contribution in [0.1, 0.15) is 23.6 Å². The van der Waals surface area contributed by atoms with E-state index in [1.54, 1.807) is 6.07 Å². The van der Waals surface area contributed by atoms with Crippen molar-refractivity contribution in [1.29, 1.82) is 0 Å². The van der Waals surface area contributed by atoms with Gasteiger partial charge in [-0.05, 0) is 47.7 Å². The average molecular weight is 436 g/mol. The molecule has 0 fully saturated rings. The zero-order valence-electron chi connectivity index (χ0n) is 12.2. The summed E-state index contributed by atoms with van der Waals surface area (Å²) in [4.78, 5) is 0. The Bertz CT molecular complexity index is 724. The van der Waals surface area contributed by atoms with Crippen molar-refractivity contribution in [2.24, 2.45) is 0 Å². The molecule has 0 saturated carbocycles. The molecule has 0 unspecified atom stereocenters. The number of fused-ring (bicyclic) bond motifs is 1. The predicted octanol–water partition coefficient (Wildman–Crippen LogP) is 6.71. The van der Waals surface area contributed by atoms with E-state index in [2.05, 4.69) is 6.08 Å². The molecule has 0 radical (unpaired) electrons. The third-order valence-corrected chi connectivity index (χ3v) is 3.56. The van der Waals surface area contributed by atoms with Gasteiger partial charge >= 0.3 is 44.1 Å². The standard InChI is InChI=1S/C17H13F3.2ClH.Zr/c1-11-8-12-5-3-7-15(16(12)9-11)13-4-2-6-14(10-13)17(18,19)20;;;/h2-7,9-10H,8H2,1H3;2*1H;/q;;;+2/p-2. The van der Waals surface area contributed by atoms with Crippen molar-refractivity contribution in [2.45, 2.75) is 19.5 Å². The fourth-order valence-corrected chi connectivity index (χ4v) is 2.65. The van der Waals surface area contributed by atoms with E-state index >= 15 is 0 Å². The molecule has 0 amide bonds. The molecular formula is C17H13Cl2F3Zr. The number of alkyl halides is 3. The number of benzene rings is 2. The van der Waals surface area contributed by atoms with E-state index in [4.69, 9.17) is 17.0 Å². The van der Waals surface area contributed by atoms with Crippen LogP contribution in [0.2, 0.25) is 0 Å². The van der Waals surface area contributed by atoms with Crippen molar-refractivity contribution < 1.29 is 34.0 Å². The van der Waals surface area contributed by atoms with Crippen molar-refractivity contribution in [3.05, 3.63) is 64.7 Å². The van der Waals surface area contributed by atoms with Crippen LogP contribution < -0.4 is 0 Å². The topological polar surface area (TPSA) is 0 Å². The van der Waals surface area contributed by atoms with E-state index in [0.717, 1.165) is 23.6 Å². The van der Waals surface area contributed by atoms with Gasteiger partial charge in [-0.3, -0.25) is 0 Å². The first-order valence-electron chi connectivity index (χ1n) is 6.79. The third-order valence-electron chi connectivity index (χ3n) is 3.56. The van der Waals surface area contributed by atoms with Crippen LogP contribution in [-0.4, -0.2) is 0 Å². The first kappa shape index (κ1) is 18.8. The molecule has 0 bridgehead atoms. The Morgan fingerprint density at radius 1 is 1.04 bits per heavy atom. The Morgan fingerprint density at radius 2 is 1.70 bits per heavy atom. The second kappa shape index (κ2) is 8.01. The van der Waals surface area contributed by atoms with Gasteiger partial charge in [-0.1, -0.05) is 42.0 Å². The molecule has 0 nitrogen and oxygen atoms in total. The van der Waals surface area contributed by atoms with Crippen LogP contribution in [0.4, 0.5) is 13.2 Å². The van der Waals surface area contributed by atoms with Crippen molar-refractivity contribution in [2.75, 3.05) is 0 Å². The number of allylic oxidation sites excluding steroid dienone is 1. The molecule has 2 aromatic rings. The van der Waals surface area contributed by atoms with Crippen LogP contribution in [0.3, 0.4) is 0 Å². The van der Waals surface area contributed by atoms with E-state index in [1.807, 2.05) is 25.1 Å². The van der Waals surface area contributed by atoms with Gasteiger partial charge in [0, 0.05) is 0 Å². The van der Waals surface area contributed by atoms with Crippen molar-refractivity contribution in [3.63, 3.8) is 0 Å². The summed E-state index contributed by atoms with van der Waals surface area (Å²) in [5.41, 5.74) is 4.33. The molecule has 120 valence electrons. The first-order chi connectivity index (χ1) is 10.9. The summed E-state index contributed by atoms with van der Waals surface area (Å²) in [5.74, 6) is 0. The molecule has 1 aliphatic carbocycles. The molecule has 0 heterocycles. The van der Waals surface area contributed by atoms with Crippen LogP contribution >= 0.6 is 17.0 Å². The molecule has 0 N–H and O–H groups in total. The van der Waals surface area contributed by atoms with E-state index in [-0.39, 0.29) is 0 Å². The summed E-state index contributed by atoms with van der Waals surface area (Å²) >= 11 is -0.826. The quantitative estimate of drug-likeness (QED) is 0.466. The predicted molar refractivity (Wildman–Crippen MR) is 85.9 cm³/mol. The molecule has 2 aromatic carbocycles. The van der Waals surface area contributed by atoms with Crippen molar-refractivity contribution >= 4 is 23.1 Å². The SMILES string of the molecule is CC1=Cc2c(cccc2-c2cccc(C(F)(F)F)c2)C1.[Cl][Zr][Cl]. The molecule has 1 aliphatic rings. The minimum atomic E-state index is -4.31. The summed E-state index contributed by atoms with van der Waals surface area (Å²) in [6, 6.07) is 11.3. The molecule has 0 spiro atoms. The number of rotatable bonds is 1.